The second-order valence-corrected chi connectivity index (χ2v) is 5.02. The summed E-state index contributed by atoms with van der Waals surface area (Å²) < 4.78 is 5.22. The Hall–Kier alpha value is -0.240. The Bertz CT molecular complexity index is 191. The van der Waals surface area contributed by atoms with Crippen molar-refractivity contribution in [2.24, 2.45) is 5.41 Å². The van der Waals surface area contributed by atoms with E-state index < -0.39 is 11.6 Å². The van der Waals surface area contributed by atoms with Crippen molar-refractivity contribution in [1.29, 1.82) is 0 Å². The van der Waals surface area contributed by atoms with E-state index in [2.05, 4.69) is 12.2 Å². The molecule has 5 N–H and O–H groups in total. The molecule has 0 rings (SSSR count). The molecule has 0 bridgehead atoms. The summed E-state index contributed by atoms with van der Waals surface area (Å²) in [6, 6.07) is 0. The van der Waals surface area contributed by atoms with Crippen LogP contribution < -0.4 is 5.32 Å². The molecular weight excluding hydrogens is 250 g/mol. The van der Waals surface area contributed by atoms with Crippen LogP contribution >= 0.6 is 0 Å². The van der Waals surface area contributed by atoms with Crippen LogP contribution in [0.1, 0.15) is 32.6 Å². The lowest BCUT2D eigenvalue weighted by molar-refractivity contribution is -0.0769. The first kappa shape index (κ1) is 18.8. The second kappa shape index (κ2) is 11.6. The van der Waals surface area contributed by atoms with Crippen molar-refractivity contribution in [3.05, 3.63) is 0 Å². The lowest BCUT2D eigenvalue weighted by atomic mass is 9.93. The minimum absolute atomic E-state index is 0.00503. The van der Waals surface area contributed by atoms with Gasteiger partial charge in [-0.3, -0.25) is 5.32 Å². The van der Waals surface area contributed by atoms with Crippen molar-refractivity contribution < 1.29 is 25.2 Å². The van der Waals surface area contributed by atoms with Crippen LogP contribution in [0.5, 0.6) is 0 Å². The van der Waals surface area contributed by atoms with E-state index in [0.717, 1.165) is 19.4 Å². The van der Waals surface area contributed by atoms with E-state index in [1.165, 1.54) is 12.8 Å². The highest BCUT2D eigenvalue weighted by Gasteiger charge is 2.28. The molecule has 6 nitrogen and oxygen atoms in total. The summed E-state index contributed by atoms with van der Waals surface area (Å²) in [5.41, 5.74) is -1.04. The molecule has 0 aromatic carbocycles. The number of hydrogen-bond acceptors (Lipinski definition) is 6. The number of nitrogens with one attached hydrogen (secondary N) is 1. The molecule has 1 unspecified atom stereocenters. The summed E-state index contributed by atoms with van der Waals surface area (Å²) in [6.07, 6.45) is 3.76. The fourth-order valence-electron chi connectivity index (χ4n) is 1.55. The number of unbranched alkanes of at least 4 members (excludes halogenated alkanes) is 3. The van der Waals surface area contributed by atoms with Gasteiger partial charge >= 0.3 is 0 Å². The van der Waals surface area contributed by atoms with E-state index in [-0.39, 0.29) is 33.0 Å². The molecule has 0 aliphatic heterocycles. The lowest BCUT2D eigenvalue weighted by Gasteiger charge is -2.27. The smallest absolute Gasteiger partial charge is 0.128 e. The van der Waals surface area contributed by atoms with Crippen LogP contribution in [0.25, 0.3) is 0 Å². The summed E-state index contributed by atoms with van der Waals surface area (Å²) >= 11 is 0. The number of aliphatic hydroxyl groups is 4. The first-order valence-electron chi connectivity index (χ1n) is 6.96. The van der Waals surface area contributed by atoms with Gasteiger partial charge in [0, 0.05) is 0 Å². The molecule has 0 aliphatic rings. The molecule has 116 valence electrons. The molecule has 0 spiro atoms. The Balaban J connectivity index is 3.64. The third kappa shape index (κ3) is 8.52. The van der Waals surface area contributed by atoms with E-state index in [9.17, 15) is 5.11 Å². The largest absolute Gasteiger partial charge is 0.396 e. The molecule has 0 amide bonds. The molecule has 19 heavy (non-hydrogen) atoms. The maximum atomic E-state index is 9.60. The van der Waals surface area contributed by atoms with Gasteiger partial charge in [-0.2, -0.15) is 0 Å². The highest BCUT2D eigenvalue weighted by molar-refractivity contribution is 4.76. The van der Waals surface area contributed by atoms with Gasteiger partial charge in [-0.25, -0.2) is 0 Å². The normalized spacial score (nSPS) is 13.7. The van der Waals surface area contributed by atoms with Crippen LogP contribution in [0.2, 0.25) is 0 Å². The quantitative estimate of drug-likeness (QED) is 0.229. The van der Waals surface area contributed by atoms with Gasteiger partial charge in [0.1, 0.15) is 6.23 Å². The van der Waals surface area contributed by atoms with Crippen LogP contribution in [-0.2, 0) is 4.74 Å². The SMILES string of the molecule is CCCCCCNC(O)COCC(CO)(CO)CO. The monoisotopic (exact) mass is 279 g/mol. The number of aliphatic hydroxyl groups excluding tert-OH is 4. The van der Waals surface area contributed by atoms with Crippen molar-refractivity contribution >= 4 is 0 Å². The predicted octanol–water partition coefficient (Wildman–Crippen LogP) is -0.545. The molecule has 1 atom stereocenters. The lowest BCUT2D eigenvalue weighted by Crippen LogP contribution is -2.41. The second-order valence-electron chi connectivity index (χ2n) is 5.02. The Kier molecular flexibility index (Phi) is 11.4. The Morgan fingerprint density at radius 1 is 1.05 bits per heavy atom. The van der Waals surface area contributed by atoms with Crippen molar-refractivity contribution in [3.63, 3.8) is 0 Å². The van der Waals surface area contributed by atoms with Crippen LogP contribution in [0, 0.1) is 5.41 Å². The molecular formula is C13H29NO5. The fraction of sp³-hybridized carbons (Fsp3) is 1.00. The van der Waals surface area contributed by atoms with E-state index in [1.807, 2.05) is 0 Å². The van der Waals surface area contributed by atoms with E-state index in [0.29, 0.717) is 0 Å². The van der Waals surface area contributed by atoms with Gasteiger partial charge in [0.25, 0.3) is 0 Å². The summed E-state index contributed by atoms with van der Waals surface area (Å²) in [6.45, 7) is 1.86. The van der Waals surface area contributed by atoms with E-state index >= 15 is 0 Å². The minimum Gasteiger partial charge on any atom is -0.396 e. The molecule has 0 fully saturated rings. The highest BCUT2D eigenvalue weighted by Crippen LogP contribution is 2.14. The predicted molar refractivity (Wildman–Crippen MR) is 72.7 cm³/mol. The zero-order chi connectivity index (χ0) is 14.6. The average Bonchev–Trinajstić information content (AvgIpc) is 2.44. The van der Waals surface area contributed by atoms with Gasteiger partial charge < -0.3 is 25.2 Å². The number of ether oxygens (including phenoxy) is 1. The number of hydrogen-bond donors (Lipinski definition) is 5. The summed E-state index contributed by atoms with van der Waals surface area (Å²) in [5.74, 6) is 0. The van der Waals surface area contributed by atoms with Gasteiger partial charge in [-0.1, -0.05) is 26.2 Å². The molecule has 6 heteroatoms. The van der Waals surface area contributed by atoms with Crippen LogP contribution in [0.15, 0.2) is 0 Å². The minimum atomic E-state index is -1.04. The van der Waals surface area contributed by atoms with E-state index in [4.69, 9.17) is 20.1 Å². The average molecular weight is 279 g/mol. The topological polar surface area (TPSA) is 102 Å². The van der Waals surface area contributed by atoms with Gasteiger partial charge in [0.15, 0.2) is 0 Å². The molecule has 0 saturated heterocycles. The zero-order valence-corrected chi connectivity index (χ0v) is 11.8. The first-order chi connectivity index (χ1) is 9.14. The van der Waals surface area contributed by atoms with Crippen LogP contribution in [-0.4, -0.2) is 66.2 Å². The van der Waals surface area contributed by atoms with Crippen molar-refractivity contribution in [2.75, 3.05) is 39.6 Å². The number of rotatable bonds is 13. The standard InChI is InChI=1S/C13H29NO5/c1-2-3-4-5-6-14-12(18)7-19-11-13(8-15,9-16)10-17/h12,14-18H,2-11H2,1H3. The highest BCUT2D eigenvalue weighted by atomic mass is 16.5. The van der Waals surface area contributed by atoms with Crippen molar-refractivity contribution in [1.82, 2.24) is 5.32 Å². The molecule has 0 saturated carbocycles. The molecule has 0 aromatic heterocycles. The molecule has 0 aliphatic carbocycles. The summed E-state index contributed by atoms with van der Waals surface area (Å²) in [7, 11) is 0. The van der Waals surface area contributed by atoms with Gasteiger partial charge in [-0.15, -0.1) is 0 Å². The fourth-order valence-corrected chi connectivity index (χ4v) is 1.55. The first-order valence-corrected chi connectivity index (χ1v) is 6.96. The van der Waals surface area contributed by atoms with Crippen LogP contribution in [0.3, 0.4) is 0 Å². The Morgan fingerprint density at radius 2 is 1.68 bits per heavy atom. The van der Waals surface area contributed by atoms with Gasteiger partial charge in [0.2, 0.25) is 0 Å². The van der Waals surface area contributed by atoms with Crippen molar-refractivity contribution in [3.8, 4) is 0 Å². The Morgan fingerprint density at radius 3 is 2.21 bits per heavy atom. The molecule has 0 aromatic rings. The van der Waals surface area contributed by atoms with Crippen molar-refractivity contribution in [2.45, 2.75) is 38.8 Å². The third-order valence-electron chi connectivity index (χ3n) is 3.10. The van der Waals surface area contributed by atoms with Gasteiger partial charge in [-0.05, 0) is 13.0 Å². The molecule has 0 heterocycles. The third-order valence-corrected chi connectivity index (χ3v) is 3.10. The maximum Gasteiger partial charge on any atom is 0.128 e. The van der Waals surface area contributed by atoms with E-state index in [1.54, 1.807) is 0 Å². The summed E-state index contributed by atoms with van der Waals surface area (Å²) in [5, 5.41) is 39.8. The maximum absolute atomic E-state index is 9.60. The van der Waals surface area contributed by atoms with Gasteiger partial charge in [0.05, 0.1) is 38.4 Å². The zero-order valence-electron chi connectivity index (χ0n) is 11.8. The van der Waals surface area contributed by atoms with Crippen LogP contribution in [0.4, 0.5) is 0 Å². The Labute approximate surface area is 115 Å². The molecule has 0 radical (unpaired) electrons. The summed E-state index contributed by atoms with van der Waals surface area (Å²) in [4.78, 5) is 0.